The molecule has 4 heteroatoms. The van der Waals surface area contributed by atoms with E-state index in [2.05, 4.69) is 9.97 Å². The molecule has 0 aliphatic carbocycles. The number of hydrogen-bond donors (Lipinski definition) is 1. The van der Waals surface area contributed by atoms with Crippen LogP contribution in [0.15, 0.2) is 30.5 Å². The minimum Gasteiger partial charge on any atom is -0.282 e. The lowest BCUT2D eigenvalue weighted by Crippen LogP contribution is -2.27. The Balaban J connectivity index is 2.62. The van der Waals surface area contributed by atoms with Crippen molar-refractivity contribution in [3.8, 4) is 0 Å². The molecule has 0 amide bonds. The molecule has 2 aromatic rings. The summed E-state index contributed by atoms with van der Waals surface area (Å²) in [7, 11) is 1.71. The average Bonchev–Trinajstić information content (AvgIpc) is 2.17. The Labute approximate surface area is 76.0 Å². The van der Waals surface area contributed by atoms with E-state index in [1.807, 2.05) is 24.3 Å². The summed E-state index contributed by atoms with van der Waals surface area (Å²) in [6.45, 7) is 0. The highest BCUT2D eigenvalue weighted by Crippen LogP contribution is 2.11. The molecule has 0 saturated carbocycles. The smallest absolute Gasteiger partial charge is 0.240 e. The second-order valence-corrected chi connectivity index (χ2v) is 2.84. The highest BCUT2D eigenvalue weighted by Gasteiger charge is 1.99. The first kappa shape index (κ1) is 7.94. The number of rotatable bonds is 1. The Kier molecular flexibility index (Phi) is 1.83. The SMILES string of the molecule is CN(N)c1ncc2ccccc2n1. The second-order valence-electron chi connectivity index (χ2n) is 2.84. The van der Waals surface area contributed by atoms with E-state index >= 15 is 0 Å². The van der Waals surface area contributed by atoms with Gasteiger partial charge in [-0.25, -0.2) is 15.8 Å². The van der Waals surface area contributed by atoms with Crippen molar-refractivity contribution < 1.29 is 0 Å². The number of hydrogen-bond acceptors (Lipinski definition) is 4. The van der Waals surface area contributed by atoms with Crippen molar-refractivity contribution in [2.45, 2.75) is 0 Å². The molecular formula is C9H10N4. The van der Waals surface area contributed by atoms with Gasteiger partial charge in [-0.2, -0.15) is 0 Å². The maximum absolute atomic E-state index is 5.51. The molecule has 0 saturated heterocycles. The fraction of sp³-hybridized carbons (Fsp3) is 0.111. The van der Waals surface area contributed by atoms with E-state index < -0.39 is 0 Å². The van der Waals surface area contributed by atoms with Gasteiger partial charge in [0.2, 0.25) is 5.95 Å². The molecule has 2 N–H and O–H groups in total. The first-order valence-corrected chi connectivity index (χ1v) is 3.97. The zero-order valence-corrected chi connectivity index (χ0v) is 7.31. The predicted octanol–water partition coefficient (Wildman–Crippen LogP) is 0.940. The monoisotopic (exact) mass is 174 g/mol. The summed E-state index contributed by atoms with van der Waals surface area (Å²) < 4.78 is 0. The highest BCUT2D eigenvalue weighted by atomic mass is 15.4. The molecule has 66 valence electrons. The molecule has 1 aromatic heterocycles. The number of anilines is 1. The molecule has 1 heterocycles. The molecule has 0 unspecified atom stereocenters. The van der Waals surface area contributed by atoms with Crippen LogP contribution in [0.2, 0.25) is 0 Å². The van der Waals surface area contributed by atoms with Crippen LogP contribution in [0.25, 0.3) is 10.9 Å². The van der Waals surface area contributed by atoms with Crippen LogP contribution in [0.4, 0.5) is 5.95 Å². The largest absolute Gasteiger partial charge is 0.282 e. The van der Waals surface area contributed by atoms with Gasteiger partial charge in [-0.1, -0.05) is 18.2 Å². The molecule has 0 aliphatic heterocycles. The maximum atomic E-state index is 5.51. The van der Waals surface area contributed by atoms with Crippen LogP contribution in [0, 0.1) is 0 Å². The third-order valence-electron chi connectivity index (χ3n) is 1.79. The van der Waals surface area contributed by atoms with Crippen molar-refractivity contribution in [3.63, 3.8) is 0 Å². The summed E-state index contributed by atoms with van der Waals surface area (Å²) in [4.78, 5) is 8.36. The van der Waals surface area contributed by atoms with Gasteiger partial charge in [0.05, 0.1) is 5.52 Å². The van der Waals surface area contributed by atoms with Gasteiger partial charge in [0, 0.05) is 18.6 Å². The molecule has 1 aromatic carbocycles. The molecule has 0 bridgehead atoms. The van der Waals surface area contributed by atoms with Gasteiger partial charge in [-0.3, -0.25) is 5.01 Å². The second kappa shape index (κ2) is 2.99. The third kappa shape index (κ3) is 1.43. The number of para-hydroxylation sites is 1. The maximum Gasteiger partial charge on any atom is 0.240 e. The number of nitrogens with zero attached hydrogens (tertiary/aromatic N) is 3. The molecule has 0 spiro atoms. The Bertz CT molecular complexity index is 425. The van der Waals surface area contributed by atoms with E-state index in [4.69, 9.17) is 5.84 Å². The molecule has 2 rings (SSSR count). The fourth-order valence-electron chi connectivity index (χ4n) is 1.13. The third-order valence-corrected chi connectivity index (χ3v) is 1.79. The zero-order valence-electron chi connectivity index (χ0n) is 7.31. The van der Waals surface area contributed by atoms with Crippen LogP contribution in [0.5, 0.6) is 0 Å². The first-order chi connectivity index (χ1) is 6.27. The average molecular weight is 174 g/mol. The number of aromatic nitrogens is 2. The lowest BCUT2D eigenvalue weighted by Gasteiger charge is -2.09. The summed E-state index contributed by atoms with van der Waals surface area (Å²) in [6.07, 6.45) is 1.76. The molecule has 13 heavy (non-hydrogen) atoms. The topological polar surface area (TPSA) is 55.0 Å². The Morgan fingerprint density at radius 1 is 1.31 bits per heavy atom. The first-order valence-electron chi connectivity index (χ1n) is 3.97. The Morgan fingerprint density at radius 2 is 2.08 bits per heavy atom. The number of hydrazine groups is 1. The molecule has 0 fully saturated rings. The fourth-order valence-corrected chi connectivity index (χ4v) is 1.13. The van der Waals surface area contributed by atoms with Crippen LogP contribution in [-0.2, 0) is 0 Å². The van der Waals surface area contributed by atoms with Gasteiger partial charge in [-0.15, -0.1) is 0 Å². The normalized spacial score (nSPS) is 10.3. The summed E-state index contributed by atoms with van der Waals surface area (Å²) in [5, 5.41) is 2.42. The zero-order chi connectivity index (χ0) is 9.26. The van der Waals surface area contributed by atoms with Crippen molar-refractivity contribution in [2.24, 2.45) is 5.84 Å². The summed E-state index contributed by atoms with van der Waals surface area (Å²) in [6, 6.07) is 7.80. The van der Waals surface area contributed by atoms with Gasteiger partial charge in [0.25, 0.3) is 0 Å². The van der Waals surface area contributed by atoms with Crippen molar-refractivity contribution in [2.75, 3.05) is 12.1 Å². The molecular weight excluding hydrogens is 164 g/mol. The minimum atomic E-state index is 0.527. The van der Waals surface area contributed by atoms with Crippen LogP contribution in [0.1, 0.15) is 0 Å². The molecule has 0 radical (unpaired) electrons. The van der Waals surface area contributed by atoms with E-state index in [9.17, 15) is 0 Å². The van der Waals surface area contributed by atoms with E-state index in [1.165, 1.54) is 5.01 Å². The molecule has 0 atom stereocenters. The summed E-state index contributed by atoms with van der Waals surface area (Å²) in [5.74, 6) is 6.04. The van der Waals surface area contributed by atoms with Crippen LogP contribution in [0.3, 0.4) is 0 Å². The van der Waals surface area contributed by atoms with Gasteiger partial charge >= 0.3 is 0 Å². The number of fused-ring (bicyclic) bond motifs is 1. The van der Waals surface area contributed by atoms with Crippen LogP contribution >= 0.6 is 0 Å². The van der Waals surface area contributed by atoms with Crippen molar-refractivity contribution in [3.05, 3.63) is 30.5 Å². The van der Waals surface area contributed by atoms with E-state index in [-0.39, 0.29) is 0 Å². The van der Waals surface area contributed by atoms with E-state index in [1.54, 1.807) is 13.2 Å². The van der Waals surface area contributed by atoms with Crippen molar-refractivity contribution in [1.82, 2.24) is 9.97 Å². The van der Waals surface area contributed by atoms with Crippen LogP contribution < -0.4 is 10.9 Å². The van der Waals surface area contributed by atoms with Gasteiger partial charge in [0.1, 0.15) is 0 Å². The van der Waals surface area contributed by atoms with E-state index in [0.29, 0.717) is 5.95 Å². The lowest BCUT2D eigenvalue weighted by molar-refractivity contribution is 0.941. The quantitative estimate of drug-likeness (QED) is 0.516. The van der Waals surface area contributed by atoms with Gasteiger partial charge in [-0.05, 0) is 6.07 Å². The molecule has 0 aliphatic rings. The summed E-state index contributed by atoms with van der Waals surface area (Å²) >= 11 is 0. The Hall–Kier alpha value is -1.68. The predicted molar refractivity (Wildman–Crippen MR) is 52.1 cm³/mol. The number of benzene rings is 1. The van der Waals surface area contributed by atoms with Crippen molar-refractivity contribution >= 4 is 16.9 Å². The van der Waals surface area contributed by atoms with Gasteiger partial charge in [0.15, 0.2) is 0 Å². The lowest BCUT2D eigenvalue weighted by atomic mass is 10.2. The number of nitrogens with two attached hydrogens (primary N) is 1. The highest BCUT2D eigenvalue weighted by molar-refractivity contribution is 5.78. The Morgan fingerprint density at radius 3 is 2.85 bits per heavy atom. The van der Waals surface area contributed by atoms with Crippen molar-refractivity contribution in [1.29, 1.82) is 0 Å². The standard InChI is InChI=1S/C9H10N4/c1-13(10)9-11-6-7-4-2-3-5-8(7)12-9/h2-6H,10H2,1H3. The summed E-state index contributed by atoms with van der Waals surface area (Å²) in [5.41, 5.74) is 0.907. The minimum absolute atomic E-state index is 0.527. The van der Waals surface area contributed by atoms with Crippen LogP contribution in [-0.4, -0.2) is 17.0 Å². The van der Waals surface area contributed by atoms with E-state index in [0.717, 1.165) is 10.9 Å². The molecule has 4 nitrogen and oxygen atoms in total. The van der Waals surface area contributed by atoms with Gasteiger partial charge < -0.3 is 0 Å².